The molecular formula is C23H32ClN5O2. The van der Waals surface area contributed by atoms with Crippen LogP contribution < -0.4 is 15.4 Å². The summed E-state index contributed by atoms with van der Waals surface area (Å²) >= 11 is 5.93. The monoisotopic (exact) mass is 445 g/mol. The van der Waals surface area contributed by atoms with Crippen LogP contribution in [-0.4, -0.2) is 74.2 Å². The molecule has 2 amide bonds. The number of rotatable bonds is 8. The first-order valence-electron chi connectivity index (χ1n) is 10.6. The zero-order valence-corrected chi connectivity index (χ0v) is 19.2. The molecule has 168 valence electrons. The third-order valence-corrected chi connectivity index (χ3v) is 5.82. The topological polar surface area (TPSA) is 69.7 Å². The minimum absolute atomic E-state index is 0.00158. The van der Waals surface area contributed by atoms with Gasteiger partial charge in [-0.05, 0) is 76.4 Å². The number of amides is 2. The lowest BCUT2D eigenvalue weighted by Gasteiger charge is -2.38. The predicted octanol–water partition coefficient (Wildman–Crippen LogP) is 3.67. The quantitative estimate of drug-likeness (QED) is 0.648. The van der Waals surface area contributed by atoms with E-state index in [2.05, 4.69) is 39.5 Å². The summed E-state index contributed by atoms with van der Waals surface area (Å²) in [5, 5.41) is 6.70. The summed E-state index contributed by atoms with van der Waals surface area (Å²) in [4.78, 5) is 22.0. The lowest BCUT2D eigenvalue weighted by molar-refractivity contribution is 0.167. The van der Waals surface area contributed by atoms with Crippen molar-refractivity contribution in [3.05, 3.63) is 53.3 Å². The predicted molar refractivity (Wildman–Crippen MR) is 125 cm³/mol. The molecule has 0 radical (unpaired) electrons. The van der Waals surface area contributed by atoms with Crippen LogP contribution in [0.5, 0.6) is 5.75 Å². The summed E-state index contributed by atoms with van der Waals surface area (Å²) in [7, 11) is 5.83. The van der Waals surface area contributed by atoms with Gasteiger partial charge in [-0.25, -0.2) is 4.79 Å². The summed E-state index contributed by atoms with van der Waals surface area (Å²) in [6.45, 7) is 3.91. The lowest BCUT2D eigenvalue weighted by atomic mass is 9.88. The highest BCUT2D eigenvalue weighted by atomic mass is 35.5. The third-order valence-electron chi connectivity index (χ3n) is 5.57. The molecule has 2 heterocycles. The molecule has 1 aromatic carbocycles. The number of anilines is 1. The number of carbonyl (C=O) groups excluding carboxylic acids is 1. The van der Waals surface area contributed by atoms with Gasteiger partial charge in [0, 0.05) is 41.5 Å². The molecule has 0 bridgehead atoms. The Balaban J connectivity index is 1.67. The van der Waals surface area contributed by atoms with Crippen LogP contribution in [0.2, 0.25) is 5.02 Å². The second kappa shape index (κ2) is 11.3. The lowest BCUT2D eigenvalue weighted by Crippen LogP contribution is -2.51. The van der Waals surface area contributed by atoms with Crippen molar-refractivity contribution in [2.24, 2.45) is 0 Å². The van der Waals surface area contributed by atoms with Crippen LogP contribution in [0.25, 0.3) is 0 Å². The summed E-state index contributed by atoms with van der Waals surface area (Å²) in [6, 6.07) is 10.8. The number of hydrogen-bond acceptors (Lipinski definition) is 5. The largest absolute Gasteiger partial charge is 0.495 e. The van der Waals surface area contributed by atoms with E-state index < -0.39 is 0 Å². The Morgan fingerprint density at radius 1 is 1.26 bits per heavy atom. The summed E-state index contributed by atoms with van der Waals surface area (Å²) < 4.78 is 5.25. The molecule has 2 unspecified atom stereocenters. The SMILES string of the molecule is COc1ccc(C2CN(CCCN(C)C)CCC2NC(=O)Nc2ccc(Cl)cc2)nc1. The number of hydrogen-bond donors (Lipinski definition) is 2. The molecule has 0 spiro atoms. The maximum Gasteiger partial charge on any atom is 0.319 e. The fourth-order valence-electron chi connectivity index (χ4n) is 3.91. The molecule has 1 aliphatic rings. The van der Waals surface area contributed by atoms with Crippen molar-refractivity contribution in [3.63, 3.8) is 0 Å². The van der Waals surface area contributed by atoms with Gasteiger partial charge in [0.1, 0.15) is 5.75 Å². The summed E-state index contributed by atoms with van der Waals surface area (Å²) in [6.07, 6.45) is 3.73. The van der Waals surface area contributed by atoms with Crippen molar-refractivity contribution < 1.29 is 9.53 Å². The first-order valence-corrected chi connectivity index (χ1v) is 11.0. The second-order valence-electron chi connectivity index (χ2n) is 8.19. The van der Waals surface area contributed by atoms with Gasteiger partial charge in [0.25, 0.3) is 0 Å². The molecule has 3 rings (SSSR count). The van der Waals surface area contributed by atoms with Crippen molar-refractivity contribution in [1.29, 1.82) is 0 Å². The number of urea groups is 1. The standard InChI is InChI=1S/C23H32ClN5O2/c1-28(2)12-4-13-29-14-11-22(20(16-29)21-10-9-19(31-3)15-25-21)27-23(30)26-18-7-5-17(24)6-8-18/h5-10,15,20,22H,4,11-14,16H2,1-3H3,(H2,26,27,30). The van der Waals surface area contributed by atoms with E-state index in [0.717, 1.165) is 50.5 Å². The molecule has 0 saturated carbocycles. The molecule has 2 N–H and O–H groups in total. The van der Waals surface area contributed by atoms with Crippen LogP contribution >= 0.6 is 11.6 Å². The van der Waals surface area contributed by atoms with E-state index >= 15 is 0 Å². The number of aromatic nitrogens is 1. The van der Waals surface area contributed by atoms with Crippen LogP contribution in [0.1, 0.15) is 24.5 Å². The Hall–Kier alpha value is -2.35. The minimum atomic E-state index is -0.216. The van der Waals surface area contributed by atoms with Crippen LogP contribution in [0.15, 0.2) is 42.6 Å². The van der Waals surface area contributed by atoms with E-state index in [-0.39, 0.29) is 18.0 Å². The first-order chi connectivity index (χ1) is 14.9. The number of halogens is 1. The number of methoxy groups -OCH3 is 1. The summed E-state index contributed by atoms with van der Waals surface area (Å²) in [5.74, 6) is 0.836. The van der Waals surface area contributed by atoms with Crippen LogP contribution in [-0.2, 0) is 0 Å². The number of ether oxygens (including phenoxy) is 1. The number of benzene rings is 1. The van der Waals surface area contributed by atoms with Gasteiger partial charge in [-0.1, -0.05) is 11.6 Å². The maximum atomic E-state index is 12.7. The van der Waals surface area contributed by atoms with Crippen molar-refractivity contribution in [2.75, 3.05) is 52.7 Å². The zero-order chi connectivity index (χ0) is 22.2. The Labute approximate surface area is 189 Å². The molecular weight excluding hydrogens is 414 g/mol. The van der Waals surface area contributed by atoms with Gasteiger partial charge in [0.15, 0.2) is 0 Å². The minimum Gasteiger partial charge on any atom is -0.495 e. The van der Waals surface area contributed by atoms with E-state index in [0.29, 0.717) is 10.7 Å². The molecule has 8 heteroatoms. The van der Waals surface area contributed by atoms with E-state index in [1.807, 2.05) is 12.1 Å². The Bertz CT molecular complexity index is 829. The average molecular weight is 446 g/mol. The maximum absolute atomic E-state index is 12.7. The van der Waals surface area contributed by atoms with Crippen molar-refractivity contribution >= 4 is 23.3 Å². The highest BCUT2D eigenvalue weighted by molar-refractivity contribution is 6.30. The number of nitrogens with one attached hydrogen (secondary N) is 2. The molecule has 1 fully saturated rings. The van der Waals surface area contributed by atoms with Crippen molar-refractivity contribution in [3.8, 4) is 5.75 Å². The zero-order valence-electron chi connectivity index (χ0n) is 18.5. The molecule has 7 nitrogen and oxygen atoms in total. The fraction of sp³-hybridized carbons (Fsp3) is 0.478. The van der Waals surface area contributed by atoms with Crippen molar-refractivity contribution in [2.45, 2.75) is 24.8 Å². The first kappa shape index (κ1) is 23.3. The van der Waals surface area contributed by atoms with Crippen LogP contribution in [0, 0.1) is 0 Å². The van der Waals surface area contributed by atoms with E-state index in [9.17, 15) is 4.79 Å². The Kier molecular flexibility index (Phi) is 8.51. The molecule has 31 heavy (non-hydrogen) atoms. The van der Waals surface area contributed by atoms with Gasteiger partial charge in [-0.2, -0.15) is 0 Å². The van der Waals surface area contributed by atoms with Gasteiger partial charge in [0.2, 0.25) is 0 Å². The second-order valence-corrected chi connectivity index (χ2v) is 8.62. The highest BCUT2D eigenvalue weighted by Gasteiger charge is 2.32. The molecule has 0 aliphatic carbocycles. The Morgan fingerprint density at radius 3 is 2.68 bits per heavy atom. The molecule has 2 aromatic rings. The van der Waals surface area contributed by atoms with Crippen molar-refractivity contribution in [1.82, 2.24) is 20.1 Å². The van der Waals surface area contributed by atoms with Gasteiger partial charge in [-0.3, -0.25) is 4.98 Å². The average Bonchev–Trinajstić information content (AvgIpc) is 2.76. The fourth-order valence-corrected chi connectivity index (χ4v) is 4.03. The molecule has 1 aliphatic heterocycles. The van der Waals surface area contributed by atoms with Gasteiger partial charge < -0.3 is 25.2 Å². The van der Waals surface area contributed by atoms with Gasteiger partial charge in [0.05, 0.1) is 13.3 Å². The van der Waals surface area contributed by atoms with Gasteiger partial charge in [-0.15, -0.1) is 0 Å². The molecule has 1 aromatic heterocycles. The van der Waals surface area contributed by atoms with Crippen LogP contribution in [0.4, 0.5) is 10.5 Å². The molecule has 1 saturated heterocycles. The van der Waals surface area contributed by atoms with Gasteiger partial charge >= 0.3 is 6.03 Å². The number of carbonyl (C=O) groups is 1. The number of likely N-dealkylation sites (tertiary alicyclic amines) is 1. The third kappa shape index (κ3) is 7.09. The molecule has 2 atom stereocenters. The van der Waals surface area contributed by atoms with E-state index in [1.165, 1.54) is 0 Å². The Morgan fingerprint density at radius 2 is 2.03 bits per heavy atom. The number of pyridine rings is 1. The van der Waals surface area contributed by atoms with E-state index in [4.69, 9.17) is 16.3 Å². The normalized spacial score (nSPS) is 19.3. The van der Waals surface area contributed by atoms with E-state index in [1.54, 1.807) is 37.6 Å². The smallest absolute Gasteiger partial charge is 0.319 e. The number of nitrogens with zero attached hydrogens (tertiary/aromatic N) is 3. The van der Waals surface area contributed by atoms with Crippen LogP contribution in [0.3, 0.4) is 0 Å². The summed E-state index contributed by atoms with van der Waals surface area (Å²) in [5.41, 5.74) is 1.68. The number of piperidine rings is 1. The highest BCUT2D eigenvalue weighted by Crippen LogP contribution is 2.27.